The van der Waals surface area contributed by atoms with E-state index in [1.165, 1.54) is 23.1 Å². The molecule has 0 bridgehead atoms. The minimum absolute atomic E-state index is 0.0346. The molecule has 2 aliphatic rings. The van der Waals surface area contributed by atoms with E-state index in [1.807, 2.05) is 0 Å². The Morgan fingerprint density at radius 1 is 1.22 bits per heavy atom. The highest BCUT2D eigenvalue weighted by molar-refractivity contribution is 7.88. The Labute approximate surface area is 184 Å². The largest absolute Gasteiger partial charge is 0.395 e. The highest BCUT2D eigenvalue weighted by atomic mass is 32.2. The fourth-order valence-corrected chi connectivity index (χ4v) is 5.23. The van der Waals surface area contributed by atoms with Crippen LogP contribution < -0.4 is 4.72 Å². The molecular formula is C22H23F3N2O4S. The van der Waals surface area contributed by atoms with Crippen LogP contribution in [0.4, 0.5) is 13.2 Å². The average Bonchev–Trinajstić information content (AvgIpc) is 3.38. The minimum atomic E-state index is -3.61. The second-order valence-corrected chi connectivity index (χ2v) is 10.1. The molecule has 2 fully saturated rings. The van der Waals surface area contributed by atoms with Gasteiger partial charge in [-0.3, -0.25) is 4.79 Å². The second-order valence-electron chi connectivity index (χ2n) is 8.33. The number of nitrogens with one attached hydrogen (secondary N) is 1. The summed E-state index contributed by atoms with van der Waals surface area (Å²) in [5.41, 5.74) is -2.36. The number of alkyl halides is 1. The Morgan fingerprint density at radius 3 is 2.44 bits per heavy atom. The van der Waals surface area contributed by atoms with Crippen molar-refractivity contribution in [2.24, 2.45) is 5.92 Å². The lowest BCUT2D eigenvalue weighted by Crippen LogP contribution is -2.62. The maximum Gasteiger partial charge on any atom is 0.229 e. The number of amides is 1. The lowest BCUT2D eigenvalue weighted by Gasteiger charge is -2.45. The summed E-state index contributed by atoms with van der Waals surface area (Å²) in [6.07, 6.45) is 1.26. The SMILES string of the molecule is CS(=O)(=O)N[C@@H](CO)[C@@H]1CCN1C(=O)[C@@H]1C[C@@]1(F)c1ccccc1-c1c(F)cccc1F. The predicted molar refractivity (Wildman–Crippen MR) is 112 cm³/mol. The number of nitrogens with zero attached hydrogens (tertiary/aromatic N) is 1. The van der Waals surface area contributed by atoms with Gasteiger partial charge in [0.15, 0.2) is 0 Å². The quantitative estimate of drug-likeness (QED) is 0.653. The van der Waals surface area contributed by atoms with Crippen LogP contribution >= 0.6 is 0 Å². The third-order valence-corrected chi connectivity index (χ3v) is 6.91. The number of hydrogen-bond donors (Lipinski definition) is 2. The first-order valence-electron chi connectivity index (χ1n) is 10.2. The topological polar surface area (TPSA) is 86.7 Å². The Bertz CT molecular complexity index is 1140. The van der Waals surface area contributed by atoms with Crippen LogP contribution in [0.5, 0.6) is 0 Å². The normalized spacial score (nSPS) is 25.8. The minimum Gasteiger partial charge on any atom is -0.395 e. The van der Waals surface area contributed by atoms with Gasteiger partial charge in [0.2, 0.25) is 15.9 Å². The van der Waals surface area contributed by atoms with Crippen molar-refractivity contribution in [1.82, 2.24) is 9.62 Å². The zero-order valence-corrected chi connectivity index (χ0v) is 18.1. The first kappa shape index (κ1) is 22.8. The van der Waals surface area contributed by atoms with Gasteiger partial charge in [-0.2, -0.15) is 0 Å². The molecule has 1 heterocycles. The fourth-order valence-electron chi connectivity index (χ4n) is 4.45. The summed E-state index contributed by atoms with van der Waals surface area (Å²) in [7, 11) is -3.61. The van der Waals surface area contributed by atoms with E-state index in [0.29, 0.717) is 13.0 Å². The summed E-state index contributed by atoms with van der Waals surface area (Å²) in [4.78, 5) is 14.4. The lowest BCUT2D eigenvalue weighted by molar-refractivity contribution is -0.143. The lowest BCUT2D eigenvalue weighted by atomic mass is 9.92. The fraction of sp³-hybridized carbons (Fsp3) is 0.409. The maximum absolute atomic E-state index is 15.9. The molecule has 4 rings (SSSR count). The highest BCUT2D eigenvalue weighted by Gasteiger charge is 2.63. The highest BCUT2D eigenvalue weighted by Crippen LogP contribution is 2.59. The number of rotatable bonds is 7. The third kappa shape index (κ3) is 4.02. The smallest absolute Gasteiger partial charge is 0.229 e. The van der Waals surface area contributed by atoms with Crippen LogP contribution in [-0.4, -0.2) is 55.8 Å². The Balaban J connectivity index is 1.59. The monoisotopic (exact) mass is 468 g/mol. The first-order chi connectivity index (χ1) is 15.1. The molecule has 2 N–H and O–H groups in total. The maximum atomic E-state index is 15.9. The third-order valence-electron chi connectivity index (χ3n) is 6.17. The van der Waals surface area contributed by atoms with Gasteiger partial charge in [-0.1, -0.05) is 30.3 Å². The van der Waals surface area contributed by atoms with Gasteiger partial charge in [0.25, 0.3) is 0 Å². The summed E-state index contributed by atoms with van der Waals surface area (Å²) >= 11 is 0. The second kappa shape index (κ2) is 8.17. The van der Waals surface area contributed by atoms with E-state index < -0.39 is 57.8 Å². The van der Waals surface area contributed by atoms with E-state index >= 15 is 4.39 Å². The zero-order valence-electron chi connectivity index (χ0n) is 17.3. The molecule has 0 spiro atoms. The van der Waals surface area contributed by atoms with Crippen molar-refractivity contribution in [3.05, 3.63) is 59.7 Å². The van der Waals surface area contributed by atoms with Crippen molar-refractivity contribution < 1.29 is 31.5 Å². The molecule has 1 amide bonds. The molecule has 6 nitrogen and oxygen atoms in total. The van der Waals surface area contributed by atoms with Crippen molar-refractivity contribution in [2.75, 3.05) is 19.4 Å². The predicted octanol–water partition coefficient (Wildman–Crippen LogP) is 2.33. The molecule has 2 aromatic rings. The van der Waals surface area contributed by atoms with E-state index in [1.54, 1.807) is 12.1 Å². The number of aliphatic hydroxyl groups is 1. The van der Waals surface area contributed by atoms with Crippen LogP contribution in [0.15, 0.2) is 42.5 Å². The Hall–Kier alpha value is -2.43. The van der Waals surface area contributed by atoms with Gasteiger partial charge in [-0.15, -0.1) is 0 Å². The zero-order chi connectivity index (χ0) is 23.3. The molecule has 0 radical (unpaired) electrons. The van der Waals surface area contributed by atoms with E-state index in [4.69, 9.17) is 0 Å². The van der Waals surface area contributed by atoms with Crippen molar-refractivity contribution in [1.29, 1.82) is 0 Å². The number of carbonyl (C=O) groups excluding carboxylic acids is 1. The van der Waals surface area contributed by atoms with E-state index in [9.17, 15) is 27.1 Å². The first-order valence-corrected chi connectivity index (χ1v) is 12.1. The molecule has 0 aromatic heterocycles. The van der Waals surface area contributed by atoms with E-state index in [-0.39, 0.29) is 23.1 Å². The summed E-state index contributed by atoms with van der Waals surface area (Å²) in [6.45, 7) is -0.204. The van der Waals surface area contributed by atoms with Gasteiger partial charge < -0.3 is 10.0 Å². The number of hydrogen-bond acceptors (Lipinski definition) is 4. The van der Waals surface area contributed by atoms with Gasteiger partial charge in [-0.05, 0) is 29.7 Å². The van der Waals surface area contributed by atoms with Crippen molar-refractivity contribution >= 4 is 15.9 Å². The summed E-state index contributed by atoms with van der Waals surface area (Å²) in [5.74, 6) is -3.23. The summed E-state index contributed by atoms with van der Waals surface area (Å²) in [5, 5.41) is 9.56. The molecule has 2 aromatic carbocycles. The van der Waals surface area contributed by atoms with Crippen molar-refractivity contribution in [3.8, 4) is 11.1 Å². The standard InChI is InChI=1S/C22H23F3N2O4S/c1-32(30,31)26-18(12-28)19-9-10-27(19)21(29)15-11-22(15,25)14-6-3-2-5-13(14)20-16(23)7-4-8-17(20)24/h2-8,15,18-19,26,28H,9-12H2,1H3/t15-,18-,19-,22+/m0/s1. The van der Waals surface area contributed by atoms with Crippen LogP contribution in [0.3, 0.4) is 0 Å². The van der Waals surface area contributed by atoms with Crippen LogP contribution in [0.2, 0.25) is 0 Å². The molecule has 10 heteroatoms. The van der Waals surface area contributed by atoms with Gasteiger partial charge in [0.05, 0.1) is 36.4 Å². The van der Waals surface area contributed by atoms with E-state index in [0.717, 1.165) is 18.4 Å². The van der Waals surface area contributed by atoms with Gasteiger partial charge in [-0.25, -0.2) is 26.3 Å². The number of aliphatic hydroxyl groups excluding tert-OH is 1. The molecule has 0 unspecified atom stereocenters. The summed E-state index contributed by atoms with van der Waals surface area (Å²) < 4.78 is 70.0. The van der Waals surface area contributed by atoms with E-state index in [2.05, 4.69) is 4.72 Å². The van der Waals surface area contributed by atoms with Crippen LogP contribution in [-0.2, 0) is 20.5 Å². The Morgan fingerprint density at radius 2 is 1.88 bits per heavy atom. The van der Waals surface area contributed by atoms with Crippen molar-refractivity contribution in [2.45, 2.75) is 30.6 Å². The molecule has 1 aliphatic carbocycles. The molecule has 1 aliphatic heterocycles. The van der Waals surface area contributed by atoms with Crippen LogP contribution in [0.1, 0.15) is 18.4 Å². The number of carbonyl (C=O) groups is 1. The molecule has 1 saturated heterocycles. The van der Waals surface area contributed by atoms with Crippen LogP contribution in [0.25, 0.3) is 11.1 Å². The van der Waals surface area contributed by atoms with Gasteiger partial charge in [0.1, 0.15) is 17.3 Å². The molecule has 1 saturated carbocycles. The molecule has 4 atom stereocenters. The number of halogens is 3. The molecule has 172 valence electrons. The summed E-state index contributed by atoms with van der Waals surface area (Å²) in [6, 6.07) is 7.84. The number of benzene rings is 2. The molecular weight excluding hydrogens is 445 g/mol. The van der Waals surface area contributed by atoms with Crippen LogP contribution in [0, 0.1) is 17.6 Å². The average molecular weight is 468 g/mol. The number of sulfonamides is 1. The van der Waals surface area contributed by atoms with Gasteiger partial charge in [0, 0.05) is 13.0 Å². The Kier molecular flexibility index (Phi) is 5.81. The molecule has 32 heavy (non-hydrogen) atoms. The number of likely N-dealkylation sites (tertiary alicyclic amines) is 1. The van der Waals surface area contributed by atoms with Gasteiger partial charge >= 0.3 is 0 Å². The van der Waals surface area contributed by atoms with Crippen molar-refractivity contribution in [3.63, 3.8) is 0 Å².